The summed E-state index contributed by atoms with van der Waals surface area (Å²) in [7, 11) is 0. The highest BCUT2D eigenvalue weighted by Gasteiger charge is 2.48. The Bertz CT molecular complexity index is 1080. The number of rotatable bonds is 11. The van der Waals surface area contributed by atoms with Crippen LogP contribution in [-0.2, 0) is 17.9 Å². The number of carbonyl (C=O) groups is 3. The minimum Gasteiger partial charge on any atom is -0.491 e. The van der Waals surface area contributed by atoms with Gasteiger partial charge in [0, 0.05) is 19.6 Å². The zero-order valence-electron chi connectivity index (χ0n) is 22.3. The monoisotopic (exact) mass is 497 g/mol. The van der Waals surface area contributed by atoms with Crippen LogP contribution in [0.5, 0.6) is 5.75 Å². The molecule has 9 nitrogen and oxygen atoms in total. The van der Waals surface area contributed by atoms with Crippen LogP contribution in [-0.4, -0.2) is 56.9 Å². The second kappa shape index (κ2) is 11.6. The van der Waals surface area contributed by atoms with Gasteiger partial charge in [0.15, 0.2) is 5.69 Å². The highest BCUT2D eigenvalue weighted by atomic mass is 16.5. The number of ether oxygens (including phenoxy) is 1. The number of nitrogens with zero attached hydrogens (tertiary/aromatic N) is 3. The van der Waals surface area contributed by atoms with Crippen molar-refractivity contribution in [1.82, 2.24) is 25.1 Å². The average Bonchev–Trinajstić information content (AvgIpc) is 3.24. The zero-order valence-corrected chi connectivity index (χ0v) is 22.3. The molecule has 0 saturated carbocycles. The first kappa shape index (κ1) is 27.2. The van der Waals surface area contributed by atoms with Crippen LogP contribution in [0.4, 0.5) is 0 Å². The molecule has 0 saturated heterocycles. The Labute approximate surface area is 213 Å². The molecule has 9 heteroatoms. The van der Waals surface area contributed by atoms with E-state index in [9.17, 15) is 14.4 Å². The number of nitrogens with one attached hydrogen (secondary N) is 2. The summed E-state index contributed by atoms with van der Waals surface area (Å²) in [5.41, 5.74) is 0.125. The molecule has 1 unspecified atom stereocenters. The van der Waals surface area contributed by atoms with Gasteiger partial charge in [0.1, 0.15) is 17.0 Å². The van der Waals surface area contributed by atoms with Gasteiger partial charge in [0.2, 0.25) is 5.91 Å². The first-order valence-electron chi connectivity index (χ1n) is 12.8. The summed E-state index contributed by atoms with van der Waals surface area (Å²) in [5, 5.41) is 5.85. The lowest BCUT2D eigenvalue weighted by molar-refractivity contribution is -0.132. The summed E-state index contributed by atoms with van der Waals surface area (Å²) < 4.78 is 7.28. The predicted octanol–water partition coefficient (Wildman–Crippen LogP) is 3.39. The number of carbonyl (C=O) groups excluding carboxylic acids is 3. The number of aromatic nitrogens is 2. The highest BCUT2D eigenvalue weighted by Crippen LogP contribution is 2.29. The van der Waals surface area contributed by atoms with Crippen LogP contribution in [0.15, 0.2) is 30.6 Å². The van der Waals surface area contributed by atoms with E-state index in [1.54, 1.807) is 16.4 Å². The molecule has 1 aromatic heterocycles. The second-order valence-electron chi connectivity index (χ2n) is 10.2. The Balaban J connectivity index is 1.75. The molecule has 1 aliphatic rings. The van der Waals surface area contributed by atoms with Gasteiger partial charge in [0.25, 0.3) is 11.8 Å². The van der Waals surface area contributed by atoms with Crippen molar-refractivity contribution >= 4 is 17.7 Å². The predicted molar refractivity (Wildman–Crippen MR) is 138 cm³/mol. The lowest BCUT2D eigenvalue weighted by Crippen LogP contribution is -2.64. The first-order valence-corrected chi connectivity index (χ1v) is 12.8. The second-order valence-corrected chi connectivity index (χ2v) is 10.2. The number of benzene rings is 1. The van der Waals surface area contributed by atoms with Gasteiger partial charge in [-0.3, -0.25) is 14.4 Å². The molecule has 2 N–H and O–H groups in total. The van der Waals surface area contributed by atoms with E-state index < -0.39 is 11.4 Å². The molecular weight excluding hydrogens is 458 g/mol. The van der Waals surface area contributed by atoms with Crippen LogP contribution >= 0.6 is 0 Å². The van der Waals surface area contributed by atoms with Crippen molar-refractivity contribution in [3.05, 3.63) is 47.5 Å². The molecular formula is C27H39N5O4. The van der Waals surface area contributed by atoms with E-state index in [4.69, 9.17) is 4.74 Å². The van der Waals surface area contributed by atoms with Crippen molar-refractivity contribution in [2.45, 2.75) is 79.1 Å². The summed E-state index contributed by atoms with van der Waals surface area (Å²) in [6.45, 7) is 13.3. The van der Waals surface area contributed by atoms with Gasteiger partial charge in [0.05, 0.1) is 19.0 Å². The third-order valence-corrected chi connectivity index (χ3v) is 6.27. The maximum Gasteiger partial charge on any atom is 0.273 e. The first-order chi connectivity index (χ1) is 17.1. The minimum absolute atomic E-state index is 0.0723. The molecule has 0 spiro atoms. The van der Waals surface area contributed by atoms with Crippen molar-refractivity contribution in [1.29, 1.82) is 0 Å². The zero-order chi connectivity index (χ0) is 26.5. The Kier molecular flexibility index (Phi) is 8.76. The van der Waals surface area contributed by atoms with Crippen LogP contribution in [0, 0.1) is 5.92 Å². The lowest BCUT2D eigenvalue weighted by atomic mass is 9.93. The van der Waals surface area contributed by atoms with E-state index in [-0.39, 0.29) is 42.4 Å². The molecule has 1 aromatic carbocycles. The third-order valence-electron chi connectivity index (χ3n) is 6.27. The molecule has 0 bridgehead atoms. The van der Waals surface area contributed by atoms with Crippen molar-refractivity contribution in [2.24, 2.45) is 5.92 Å². The molecule has 1 atom stereocenters. The van der Waals surface area contributed by atoms with E-state index in [1.165, 1.54) is 6.33 Å². The largest absolute Gasteiger partial charge is 0.491 e. The maximum absolute atomic E-state index is 13.6. The summed E-state index contributed by atoms with van der Waals surface area (Å²) in [5.74, 6) is 0.246. The third kappa shape index (κ3) is 6.06. The van der Waals surface area contributed by atoms with Gasteiger partial charge in [-0.2, -0.15) is 0 Å². The summed E-state index contributed by atoms with van der Waals surface area (Å²) in [6, 6.07) is 7.49. The minimum atomic E-state index is -1.06. The van der Waals surface area contributed by atoms with E-state index in [0.717, 1.165) is 17.7 Å². The van der Waals surface area contributed by atoms with Crippen LogP contribution in [0.2, 0.25) is 0 Å². The van der Waals surface area contributed by atoms with Crippen molar-refractivity contribution in [3.63, 3.8) is 0 Å². The Morgan fingerprint density at radius 3 is 2.44 bits per heavy atom. The quantitative estimate of drug-likeness (QED) is 0.495. The van der Waals surface area contributed by atoms with Crippen LogP contribution in [0.3, 0.4) is 0 Å². The lowest BCUT2D eigenvalue weighted by Gasteiger charge is -2.43. The molecule has 3 amide bonds. The molecule has 0 radical (unpaired) electrons. The fourth-order valence-corrected chi connectivity index (χ4v) is 4.32. The van der Waals surface area contributed by atoms with Crippen LogP contribution in [0.25, 0.3) is 0 Å². The van der Waals surface area contributed by atoms with E-state index in [1.807, 2.05) is 45.0 Å². The molecule has 0 fully saturated rings. The molecule has 2 aromatic rings. The van der Waals surface area contributed by atoms with Gasteiger partial charge in [-0.1, -0.05) is 32.9 Å². The summed E-state index contributed by atoms with van der Waals surface area (Å²) in [4.78, 5) is 45.6. The van der Waals surface area contributed by atoms with Crippen molar-refractivity contribution < 1.29 is 19.1 Å². The molecule has 196 valence electrons. The molecule has 1 aliphatic heterocycles. The SMILES string of the molecule is CCCN1C(=O)c2c(C(=O)NCc3ccc(OC(C)C)cc3)ncn2CC1(C)C(=O)NCCC(C)C. The highest BCUT2D eigenvalue weighted by molar-refractivity contribution is 6.07. The number of imidazole rings is 1. The van der Waals surface area contributed by atoms with Gasteiger partial charge in [-0.05, 0) is 57.2 Å². The van der Waals surface area contributed by atoms with E-state index in [2.05, 4.69) is 29.5 Å². The average molecular weight is 498 g/mol. The topological polar surface area (TPSA) is 106 Å². The fourth-order valence-electron chi connectivity index (χ4n) is 4.32. The normalized spacial score (nSPS) is 17.3. The number of hydrogen-bond donors (Lipinski definition) is 2. The van der Waals surface area contributed by atoms with Gasteiger partial charge >= 0.3 is 0 Å². The van der Waals surface area contributed by atoms with Crippen molar-refractivity contribution in [3.8, 4) is 5.75 Å². The fraction of sp³-hybridized carbons (Fsp3) is 0.556. The summed E-state index contributed by atoms with van der Waals surface area (Å²) >= 11 is 0. The number of hydrogen-bond acceptors (Lipinski definition) is 5. The van der Waals surface area contributed by atoms with Gasteiger partial charge in [-0.25, -0.2) is 4.98 Å². The number of amides is 3. The van der Waals surface area contributed by atoms with Crippen molar-refractivity contribution in [2.75, 3.05) is 13.1 Å². The van der Waals surface area contributed by atoms with Gasteiger partial charge in [-0.15, -0.1) is 0 Å². The van der Waals surface area contributed by atoms with E-state index in [0.29, 0.717) is 25.4 Å². The number of fused-ring (bicyclic) bond motifs is 1. The molecule has 3 rings (SSSR count). The molecule has 36 heavy (non-hydrogen) atoms. The maximum atomic E-state index is 13.6. The van der Waals surface area contributed by atoms with Gasteiger partial charge < -0.3 is 24.8 Å². The Morgan fingerprint density at radius 1 is 1.14 bits per heavy atom. The van der Waals surface area contributed by atoms with Crippen LogP contribution in [0.1, 0.15) is 80.9 Å². The standard InChI is InChI=1S/C27H39N5O4/c1-7-14-32-25(34)23-22(24(33)29-15-20-8-10-21(11-9-20)36-19(4)5)30-17-31(23)16-27(32,6)26(35)28-13-12-18(2)3/h8-11,17-19H,7,12-16H2,1-6H3,(H,28,35)(H,29,33). The molecule has 2 heterocycles. The smallest absolute Gasteiger partial charge is 0.273 e. The molecule has 0 aliphatic carbocycles. The Hall–Kier alpha value is -3.36. The van der Waals surface area contributed by atoms with Crippen LogP contribution < -0.4 is 15.4 Å². The summed E-state index contributed by atoms with van der Waals surface area (Å²) in [6.07, 6.45) is 3.11. The Morgan fingerprint density at radius 2 is 1.83 bits per heavy atom. The van der Waals surface area contributed by atoms with E-state index >= 15 is 0 Å².